The van der Waals surface area contributed by atoms with E-state index in [1.807, 2.05) is 0 Å². The van der Waals surface area contributed by atoms with Crippen molar-refractivity contribution >= 4 is 56.0 Å². The molecule has 3 rings (SSSR count). The number of nitrogens with one attached hydrogen (secondary N) is 1. The third-order valence-corrected chi connectivity index (χ3v) is 5.60. The number of anilines is 1. The maximum atomic E-state index is 14.6. The fourth-order valence-corrected chi connectivity index (χ4v) is 3.31. The molecule has 0 unspecified atom stereocenters. The number of benzene rings is 1. The molecule has 134 valence electrons. The maximum Gasteiger partial charge on any atom is 0.189 e. The summed E-state index contributed by atoms with van der Waals surface area (Å²) in [5.74, 6) is -0.826. The van der Waals surface area contributed by atoms with Gasteiger partial charge in [-0.1, -0.05) is 23.4 Å². The van der Waals surface area contributed by atoms with Crippen LogP contribution in [0, 0.1) is 17.1 Å². The molecule has 0 amide bonds. The summed E-state index contributed by atoms with van der Waals surface area (Å²) < 4.78 is 16.1. The number of nitriles is 1. The number of halogens is 3. The largest absolute Gasteiger partial charge is 0.505 e. The molecule has 0 saturated heterocycles. The van der Waals surface area contributed by atoms with Crippen molar-refractivity contribution in [1.29, 1.82) is 5.26 Å². The van der Waals surface area contributed by atoms with Gasteiger partial charge in [-0.25, -0.2) is 14.4 Å². The van der Waals surface area contributed by atoms with E-state index in [1.54, 1.807) is 18.0 Å². The van der Waals surface area contributed by atoms with Gasteiger partial charge in [0, 0.05) is 7.05 Å². The smallest absolute Gasteiger partial charge is 0.189 e. The highest BCUT2D eigenvalue weighted by molar-refractivity contribution is 9.10. The lowest BCUT2D eigenvalue weighted by Gasteiger charge is -2.14. The van der Waals surface area contributed by atoms with Crippen LogP contribution in [0.3, 0.4) is 0 Å². The number of nitrogens with zero attached hydrogens (tertiary/aromatic N) is 5. The molecule has 0 aliphatic rings. The van der Waals surface area contributed by atoms with Gasteiger partial charge in [0.15, 0.2) is 11.0 Å². The molecule has 0 spiro atoms. The first-order valence-corrected chi connectivity index (χ1v) is 9.54. The third-order valence-electron chi connectivity index (χ3n) is 3.71. The molecular weight excluding hydrogens is 447 g/mol. The molecule has 0 bridgehead atoms. The molecule has 0 aliphatic heterocycles. The molecule has 11 heteroatoms. The van der Waals surface area contributed by atoms with E-state index in [0.717, 1.165) is 0 Å². The molecule has 0 radical (unpaired) electrons. The second-order valence-corrected chi connectivity index (χ2v) is 7.11. The molecule has 0 saturated carbocycles. The van der Waals surface area contributed by atoms with Crippen LogP contribution in [0.2, 0.25) is 5.02 Å². The second kappa shape index (κ2) is 7.26. The Balaban J connectivity index is 2.16. The second-order valence-electron chi connectivity index (χ2n) is 5.17. The van der Waals surface area contributed by atoms with Crippen LogP contribution in [0.15, 0.2) is 15.8 Å². The number of fused-ring (bicyclic) bond motifs is 1. The van der Waals surface area contributed by atoms with Gasteiger partial charge in [-0.15, -0.1) is 0 Å². The minimum atomic E-state index is -0.693. The Morgan fingerprint density at radius 3 is 2.88 bits per heavy atom. The van der Waals surface area contributed by atoms with Gasteiger partial charge in [0.25, 0.3) is 0 Å². The molecule has 2 N–H and O–H groups in total. The first kappa shape index (κ1) is 18.7. The highest BCUT2D eigenvalue weighted by Gasteiger charge is 2.22. The number of phenols is 1. The summed E-state index contributed by atoms with van der Waals surface area (Å²) in [4.78, 5) is 8.44. The average Bonchev–Trinajstić information content (AvgIpc) is 3.01. The van der Waals surface area contributed by atoms with Crippen molar-refractivity contribution < 1.29 is 9.50 Å². The van der Waals surface area contributed by atoms with Crippen LogP contribution in [0.4, 0.5) is 10.2 Å². The highest BCUT2D eigenvalue weighted by atomic mass is 79.9. The van der Waals surface area contributed by atoms with Crippen LogP contribution in [-0.4, -0.2) is 31.1 Å². The van der Waals surface area contributed by atoms with Gasteiger partial charge in [0.1, 0.15) is 28.2 Å². The SMILES string of the molecule is CSc1nc(NCc2c(C#N)cnn2C)c2c(O)c(Cl)c(Br)c(F)c2n1. The van der Waals surface area contributed by atoms with Crippen molar-refractivity contribution in [3.63, 3.8) is 0 Å². The first-order chi connectivity index (χ1) is 12.4. The Bertz CT molecular complexity index is 1070. The van der Waals surface area contributed by atoms with E-state index >= 15 is 0 Å². The number of aromatic nitrogens is 4. The molecule has 0 atom stereocenters. The molecule has 3 aromatic rings. The fourth-order valence-electron chi connectivity index (χ4n) is 2.39. The number of thioether (sulfide) groups is 1. The predicted octanol–water partition coefficient (Wildman–Crippen LogP) is 3.83. The van der Waals surface area contributed by atoms with E-state index < -0.39 is 5.82 Å². The van der Waals surface area contributed by atoms with Crippen molar-refractivity contribution in [2.75, 3.05) is 11.6 Å². The quantitative estimate of drug-likeness (QED) is 0.349. The number of phenolic OH excluding ortho intramolecular Hbond substituents is 1. The minimum Gasteiger partial charge on any atom is -0.505 e. The standard InChI is InChI=1S/C15H11BrClFN6OS/c1-24-7(6(3-19)4-21-24)5-20-14-8-12(22-15(23-14)26-2)11(18)9(16)10(17)13(8)25/h4,25H,5H2,1-2H3,(H,20,22,23). The maximum absolute atomic E-state index is 14.6. The molecular formula is C15H11BrClFN6OS. The molecule has 0 aliphatic carbocycles. The molecule has 26 heavy (non-hydrogen) atoms. The number of rotatable bonds is 4. The van der Waals surface area contributed by atoms with Gasteiger partial charge in [-0.3, -0.25) is 4.68 Å². The molecule has 7 nitrogen and oxygen atoms in total. The average molecular weight is 458 g/mol. The topological polar surface area (TPSA) is 99.7 Å². The minimum absolute atomic E-state index is 0.0638. The van der Waals surface area contributed by atoms with Crippen LogP contribution in [0.5, 0.6) is 5.75 Å². The van der Waals surface area contributed by atoms with Gasteiger partial charge in [0.05, 0.1) is 33.9 Å². The third kappa shape index (κ3) is 3.06. The summed E-state index contributed by atoms with van der Waals surface area (Å²) in [5, 5.41) is 26.8. The van der Waals surface area contributed by atoms with E-state index in [1.165, 1.54) is 18.0 Å². The van der Waals surface area contributed by atoms with E-state index in [0.29, 0.717) is 16.4 Å². The zero-order valence-corrected chi connectivity index (χ0v) is 16.7. The summed E-state index contributed by atoms with van der Waals surface area (Å²) in [7, 11) is 1.70. The fraction of sp³-hybridized carbons (Fsp3) is 0.200. The van der Waals surface area contributed by atoms with Gasteiger partial charge in [-0.05, 0) is 22.2 Å². The van der Waals surface area contributed by atoms with E-state index in [2.05, 4.69) is 42.4 Å². The summed E-state index contributed by atoms with van der Waals surface area (Å²) in [5.41, 5.74) is 0.957. The molecule has 1 aromatic carbocycles. The summed E-state index contributed by atoms with van der Waals surface area (Å²) in [6, 6.07) is 2.05. The van der Waals surface area contributed by atoms with Gasteiger partial charge in [0.2, 0.25) is 0 Å². The van der Waals surface area contributed by atoms with E-state index in [9.17, 15) is 9.50 Å². The van der Waals surface area contributed by atoms with Gasteiger partial charge < -0.3 is 10.4 Å². The van der Waals surface area contributed by atoms with Crippen LogP contribution >= 0.6 is 39.3 Å². The van der Waals surface area contributed by atoms with Crippen molar-refractivity contribution in [2.45, 2.75) is 11.7 Å². The van der Waals surface area contributed by atoms with E-state index in [-0.39, 0.29) is 38.5 Å². The molecule has 2 aromatic heterocycles. The van der Waals surface area contributed by atoms with Crippen molar-refractivity contribution in [2.24, 2.45) is 7.05 Å². The van der Waals surface area contributed by atoms with E-state index in [4.69, 9.17) is 16.9 Å². The lowest BCUT2D eigenvalue weighted by molar-refractivity contribution is 0.479. The Morgan fingerprint density at radius 1 is 1.50 bits per heavy atom. The zero-order chi connectivity index (χ0) is 19.0. The summed E-state index contributed by atoms with van der Waals surface area (Å²) >= 11 is 10.2. The Labute approximate surface area is 165 Å². The van der Waals surface area contributed by atoms with Crippen LogP contribution in [-0.2, 0) is 13.6 Å². The molecule has 2 heterocycles. The zero-order valence-electron chi connectivity index (χ0n) is 13.5. The normalized spacial score (nSPS) is 10.9. The highest BCUT2D eigenvalue weighted by Crippen LogP contribution is 2.43. The van der Waals surface area contributed by atoms with Gasteiger partial charge in [-0.2, -0.15) is 10.4 Å². The van der Waals surface area contributed by atoms with Crippen molar-refractivity contribution in [3.05, 3.63) is 32.8 Å². The monoisotopic (exact) mass is 456 g/mol. The van der Waals surface area contributed by atoms with Gasteiger partial charge >= 0.3 is 0 Å². The first-order valence-electron chi connectivity index (χ1n) is 7.15. The van der Waals surface area contributed by atoms with Crippen molar-refractivity contribution in [3.8, 4) is 11.8 Å². The lowest BCUT2D eigenvalue weighted by Crippen LogP contribution is -2.09. The summed E-state index contributed by atoms with van der Waals surface area (Å²) in [6.45, 7) is 0.189. The predicted molar refractivity (Wildman–Crippen MR) is 101 cm³/mol. The number of aryl methyl sites for hydroxylation is 1. The molecule has 0 fully saturated rings. The summed E-state index contributed by atoms with van der Waals surface area (Å²) in [6.07, 6.45) is 3.20. The Kier molecular flexibility index (Phi) is 5.22. The van der Waals surface area contributed by atoms with Crippen LogP contribution in [0.25, 0.3) is 10.9 Å². The Hall–Kier alpha value is -2.09. The number of hydrogen-bond acceptors (Lipinski definition) is 7. The lowest BCUT2D eigenvalue weighted by atomic mass is 10.2. The van der Waals surface area contributed by atoms with Crippen LogP contribution < -0.4 is 5.32 Å². The van der Waals surface area contributed by atoms with Crippen LogP contribution in [0.1, 0.15) is 11.3 Å². The number of aromatic hydroxyl groups is 1. The number of hydrogen-bond donors (Lipinski definition) is 2. The Morgan fingerprint density at radius 2 is 2.23 bits per heavy atom. The van der Waals surface area contributed by atoms with Crippen molar-refractivity contribution in [1.82, 2.24) is 19.7 Å².